The number of nitrogens with one attached hydrogen (secondary N) is 1. The first-order chi connectivity index (χ1) is 7.86. The number of hydrogen-bond donors (Lipinski definition) is 1. The molecule has 16 heavy (non-hydrogen) atoms. The predicted molar refractivity (Wildman–Crippen MR) is 70.9 cm³/mol. The fourth-order valence-electron chi connectivity index (χ4n) is 1.69. The Hall–Kier alpha value is -1.12. The lowest BCUT2D eigenvalue weighted by atomic mass is 10.2. The summed E-state index contributed by atoms with van der Waals surface area (Å²) in [5.41, 5.74) is 2.77. The topological polar surface area (TPSA) is 12.0 Å². The van der Waals surface area contributed by atoms with Crippen LogP contribution in [-0.4, -0.2) is 6.54 Å². The molecule has 1 N–H and O–H groups in total. The van der Waals surface area contributed by atoms with Gasteiger partial charge in [-0.1, -0.05) is 30.3 Å². The molecule has 0 radical (unpaired) electrons. The summed E-state index contributed by atoms with van der Waals surface area (Å²) in [5, 5.41) is 5.64. The molecule has 0 aliphatic rings. The van der Waals surface area contributed by atoms with Crippen molar-refractivity contribution in [3.8, 4) is 0 Å². The van der Waals surface area contributed by atoms with Crippen molar-refractivity contribution in [3.05, 3.63) is 57.8 Å². The van der Waals surface area contributed by atoms with Gasteiger partial charge in [0.15, 0.2) is 0 Å². The molecule has 1 aromatic heterocycles. The minimum absolute atomic E-state index is 0.964. The lowest BCUT2D eigenvalue weighted by Crippen LogP contribution is -2.16. The molecule has 0 saturated heterocycles. The fraction of sp³-hybridized carbons (Fsp3) is 0.286. The first kappa shape index (κ1) is 11.4. The summed E-state index contributed by atoms with van der Waals surface area (Å²) in [4.78, 5) is 1.50. The Morgan fingerprint density at radius 3 is 2.62 bits per heavy atom. The van der Waals surface area contributed by atoms with Crippen LogP contribution in [0.3, 0.4) is 0 Å². The molecule has 0 atom stereocenters. The van der Waals surface area contributed by atoms with Crippen molar-refractivity contribution in [1.29, 1.82) is 0 Å². The van der Waals surface area contributed by atoms with E-state index in [-0.39, 0.29) is 0 Å². The van der Waals surface area contributed by atoms with Crippen LogP contribution < -0.4 is 5.32 Å². The predicted octanol–water partition coefficient (Wildman–Crippen LogP) is 3.39. The molecule has 0 amide bonds. The lowest BCUT2D eigenvalue weighted by Gasteiger charge is -2.04. The van der Waals surface area contributed by atoms with Gasteiger partial charge in [0, 0.05) is 18.0 Å². The van der Waals surface area contributed by atoms with Crippen molar-refractivity contribution in [3.63, 3.8) is 0 Å². The van der Waals surface area contributed by atoms with Gasteiger partial charge in [0.25, 0.3) is 0 Å². The van der Waals surface area contributed by atoms with Gasteiger partial charge in [-0.2, -0.15) is 0 Å². The van der Waals surface area contributed by atoms with Gasteiger partial charge in [-0.25, -0.2) is 0 Å². The van der Waals surface area contributed by atoms with Crippen LogP contribution in [0.4, 0.5) is 0 Å². The molecule has 0 spiro atoms. The molecule has 1 heterocycles. The maximum atomic E-state index is 3.47. The largest absolute Gasteiger partial charge is 0.312 e. The van der Waals surface area contributed by atoms with Crippen LogP contribution in [-0.2, 0) is 13.0 Å². The van der Waals surface area contributed by atoms with Gasteiger partial charge in [-0.05, 0) is 35.9 Å². The van der Waals surface area contributed by atoms with E-state index in [0.29, 0.717) is 0 Å². The van der Waals surface area contributed by atoms with Crippen LogP contribution >= 0.6 is 11.3 Å². The summed E-state index contributed by atoms with van der Waals surface area (Å²) in [7, 11) is 0. The van der Waals surface area contributed by atoms with E-state index in [9.17, 15) is 0 Å². The SMILES string of the molecule is Cc1ccsc1CCNCc1ccccc1. The Balaban J connectivity index is 1.72. The number of thiophene rings is 1. The number of benzene rings is 1. The second-order valence-electron chi connectivity index (χ2n) is 3.94. The summed E-state index contributed by atoms with van der Waals surface area (Å²) in [6, 6.07) is 12.7. The molecule has 2 aromatic rings. The third-order valence-electron chi connectivity index (χ3n) is 2.67. The normalized spacial score (nSPS) is 10.6. The van der Waals surface area contributed by atoms with E-state index in [1.807, 2.05) is 11.3 Å². The Morgan fingerprint density at radius 1 is 1.12 bits per heavy atom. The van der Waals surface area contributed by atoms with Crippen molar-refractivity contribution in [2.75, 3.05) is 6.54 Å². The van der Waals surface area contributed by atoms with Crippen LogP contribution in [0, 0.1) is 6.92 Å². The Bertz CT molecular complexity index is 419. The maximum absolute atomic E-state index is 3.47. The number of hydrogen-bond acceptors (Lipinski definition) is 2. The van der Waals surface area contributed by atoms with Crippen LogP contribution in [0.1, 0.15) is 16.0 Å². The van der Waals surface area contributed by atoms with Gasteiger partial charge in [0.05, 0.1) is 0 Å². The molecule has 0 saturated carbocycles. The van der Waals surface area contributed by atoms with Crippen molar-refractivity contribution in [1.82, 2.24) is 5.32 Å². The smallest absolute Gasteiger partial charge is 0.0205 e. The van der Waals surface area contributed by atoms with Crippen LogP contribution in [0.15, 0.2) is 41.8 Å². The van der Waals surface area contributed by atoms with Gasteiger partial charge in [0.2, 0.25) is 0 Å². The van der Waals surface area contributed by atoms with Crippen molar-refractivity contribution < 1.29 is 0 Å². The molecule has 2 heteroatoms. The van der Waals surface area contributed by atoms with E-state index < -0.39 is 0 Å². The van der Waals surface area contributed by atoms with Crippen molar-refractivity contribution >= 4 is 11.3 Å². The molecule has 1 nitrogen and oxygen atoms in total. The molecule has 0 fully saturated rings. The molecule has 0 aliphatic carbocycles. The Morgan fingerprint density at radius 2 is 1.94 bits per heavy atom. The zero-order valence-electron chi connectivity index (χ0n) is 9.57. The minimum Gasteiger partial charge on any atom is -0.312 e. The summed E-state index contributed by atoms with van der Waals surface area (Å²) >= 11 is 1.86. The minimum atomic E-state index is 0.964. The standard InChI is InChI=1S/C14H17NS/c1-12-8-10-16-14(12)7-9-15-11-13-5-3-2-4-6-13/h2-6,8,10,15H,7,9,11H2,1H3. The quantitative estimate of drug-likeness (QED) is 0.778. The Kier molecular flexibility index (Phi) is 4.14. The highest BCUT2D eigenvalue weighted by Gasteiger charge is 1.98. The molecular formula is C14H17NS. The third-order valence-corrected chi connectivity index (χ3v) is 3.75. The van der Waals surface area contributed by atoms with E-state index in [1.54, 1.807) is 0 Å². The van der Waals surface area contributed by atoms with Crippen LogP contribution in [0.2, 0.25) is 0 Å². The van der Waals surface area contributed by atoms with Gasteiger partial charge >= 0.3 is 0 Å². The van der Waals surface area contributed by atoms with E-state index in [4.69, 9.17) is 0 Å². The average molecular weight is 231 g/mol. The highest BCUT2D eigenvalue weighted by Crippen LogP contribution is 2.15. The van der Waals surface area contributed by atoms with Crippen LogP contribution in [0.25, 0.3) is 0 Å². The highest BCUT2D eigenvalue weighted by molar-refractivity contribution is 7.10. The molecule has 1 aromatic carbocycles. The molecule has 2 rings (SSSR count). The van der Waals surface area contributed by atoms with E-state index >= 15 is 0 Å². The second kappa shape index (κ2) is 5.83. The van der Waals surface area contributed by atoms with Gasteiger partial charge in [0.1, 0.15) is 0 Å². The van der Waals surface area contributed by atoms with Crippen molar-refractivity contribution in [2.24, 2.45) is 0 Å². The lowest BCUT2D eigenvalue weighted by molar-refractivity contribution is 0.689. The fourth-order valence-corrected chi connectivity index (χ4v) is 2.60. The zero-order chi connectivity index (χ0) is 11.2. The summed E-state index contributed by atoms with van der Waals surface area (Å²) < 4.78 is 0. The highest BCUT2D eigenvalue weighted by atomic mass is 32.1. The average Bonchev–Trinajstić information content (AvgIpc) is 2.72. The molecular weight excluding hydrogens is 214 g/mol. The second-order valence-corrected chi connectivity index (χ2v) is 4.94. The molecule has 84 valence electrons. The number of aryl methyl sites for hydroxylation is 1. The van der Waals surface area contributed by atoms with Gasteiger partial charge in [-0.15, -0.1) is 11.3 Å². The van der Waals surface area contributed by atoms with Gasteiger partial charge in [-0.3, -0.25) is 0 Å². The van der Waals surface area contributed by atoms with E-state index in [1.165, 1.54) is 16.0 Å². The molecule has 0 bridgehead atoms. The monoisotopic (exact) mass is 231 g/mol. The molecule has 0 unspecified atom stereocenters. The summed E-state index contributed by atoms with van der Waals surface area (Å²) in [6.45, 7) is 4.20. The van der Waals surface area contributed by atoms with E-state index in [0.717, 1.165) is 19.5 Å². The van der Waals surface area contributed by atoms with Crippen molar-refractivity contribution in [2.45, 2.75) is 19.9 Å². The summed E-state index contributed by atoms with van der Waals surface area (Å²) in [5.74, 6) is 0. The maximum Gasteiger partial charge on any atom is 0.0205 e. The van der Waals surface area contributed by atoms with E-state index in [2.05, 4.69) is 54.0 Å². The van der Waals surface area contributed by atoms with Gasteiger partial charge < -0.3 is 5.32 Å². The molecule has 0 aliphatic heterocycles. The first-order valence-corrected chi connectivity index (χ1v) is 6.52. The first-order valence-electron chi connectivity index (χ1n) is 5.64. The zero-order valence-corrected chi connectivity index (χ0v) is 10.4. The number of rotatable bonds is 5. The third kappa shape index (κ3) is 3.19. The van der Waals surface area contributed by atoms with Crippen LogP contribution in [0.5, 0.6) is 0 Å². The Labute approximate surface area is 101 Å². The summed E-state index contributed by atoms with van der Waals surface area (Å²) in [6.07, 6.45) is 1.14.